The van der Waals surface area contributed by atoms with Gasteiger partial charge in [0.25, 0.3) is 0 Å². The Labute approximate surface area is 101 Å². The summed E-state index contributed by atoms with van der Waals surface area (Å²) in [6.07, 6.45) is 0. The van der Waals surface area contributed by atoms with Crippen LogP contribution in [0.3, 0.4) is 0 Å². The molecule has 1 aromatic rings. The smallest absolute Gasteiger partial charge is 0.172 e. The summed E-state index contributed by atoms with van der Waals surface area (Å²) in [6.45, 7) is 4.03. The molecular formula is C11H15ClN2S. The average molecular weight is 243 g/mol. The second kappa shape index (κ2) is 4.81. The predicted octanol–water partition coefficient (Wildman–Crippen LogP) is 3.22. The van der Waals surface area contributed by atoms with Gasteiger partial charge in [0.2, 0.25) is 0 Å². The van der Waals surface area contributed by atoms with Gasteiger partial charge in [-0.3, -0.25) is 0 Å². The van der Waals surface area contributed by atoms with Crippen molar-refractivity contribution in [3.63, 3.8) is 0 Å². The van der Waals surface area contributed by atoms with E-state index in [9.17, 15) is 0 Å². The Morgan fingerprint density at radius 3 is 2.40 bits per heavy atom. The molecule has 0 aliphatic heterocycles. The van der Waals surface area contributed by atoms with Gasteiger partial charge in [0, 0.05) is 14.1 Å². The zero-order chi connectivity index (χ0) is 11.6. The fourth-order valence-electron chi connectivity index (χ4n) is 1.29. The van der Waals surface area contributed by atoms with Crippen LogP contribution < -0.4 is 5.32 Å². The third-order valence-electron chi connectivity index (χ3n) is 2.07. The lowest BCUT2D eigenvalue weighted by Crippen LogP contribution is -2.27. The Balaban J connectivity index is 3.00. The highest BCUT2D eigenvalue weighted by atomic mass is 35.5. The van der Waals surface area contributed by atoms with Crippen LogP contribution in [-0.4, -0.2) is 24.1 Å². The van der Waals surface area contributed by atoms with Gasteiger partial charge in [0.05, 0.1) is 10.7 Å². The van der Waals surface area contributed by atoms with E-state index < -0.39 is 0 Å². The Hall–Kier alpha value is -0.800. The highest BCUT2D eigenvalue weighted by Gasteiger charge is 2.07. The lowest BCUT2D eigenvalue weighted by atomic mass is 10.1. The number of aryl methyl sites for hydroxylation is 2. The third-order valence-corrected chi connectivity index (χ3v) is 2.84. The summed E-state index contributed by atoms with van der Waals surface area (Å²) in [7, 11) is 3.79. The zero-order valence-electron chi connectivity index (χ0n) is 9.39. The summed E-state index contributed by atoms with van der Waals surface area (Å²) in [5, 5.41) is 4.49. The molecule has 0 atom stereocenters. The number of thiocarbonyl (C=S) groups is 1. The molecule has 0 saturated heterocycles. The van der Waals surface area contributed by atoms with Crippen LogP contribution in [0.2, 0.25) is 5.02 Å². The van der Waals surface area contributed by atoms with Gasteiger partial charge < -0.3 is 10.2 Å². The van der Waals surface area contributed by atoms with Crippen LogP contribution in [-0.2, 0) is 0 Å². The van der Waals surface area contributed by atoms with E-state index in [1.165, 1.54) is 0 Å². The minimum Gasteiger partial charge on any atom is -0.355 e. The van der Waals surface area contributed by atoms with Crippen molar-refractivity contribution >= 4 is 34.6 Å². The molecule has 82 valence electrons. The number of nitrogens with one attached hydrogen (secondary N) is 1. The van der Waals surface area contributed by atoms with Crippen molar-refractivity contribution in [2.75, 3.05) is 19.4 Å². The highest BCUT2D eigenvalue weighted by molar-refractivity contribution is 7.80. The maximum Gasteiger partial charge on any atom is 0.172 e. The summed E-state index contributed by atoms with van der Waals surface area (Å²) in [4.78, 5) is 1.84. The van der Waals surface area contributed by atoms with Gasteiger partial charge in [-0.1, -0.05) is 17.7 Å². The molecule has 0 bridgehead atoms. The van der Waals surface area contributed by atoms with Gasteiger partial charge in [0.15, 0.2) is 5.11 Å². The van der Waals surface area contributed by atoms with Crippen LogP contribution >= 0.6 is 23.8 Å². The maximum absolute atomic E-state index is 6.14. The van der Waals surface area contributed by atoms with Crippen LogP contribution in [0.5, 0.6) is 0 Å². The molecule has 4 heteroatoms. The van der Waals surface area contributed by atoms with Crippen molar-refractivity contribution in [1.82, 2.24) is 4.90 Å². The molecule has 0 fully saturated rings. The van der Waals surface area contributed by atoms with E-state index in [0.29, 0.717) is 10.1 Å². The van der Waals surface area contributed by atoms with Gasteiger partial charge in [-0.05, 0) is 43.3 Å². The van der Waals surface area contributed by atoms with Gasteiger partial charge in [0.1, 0.15) is 0 Å². The van der Waals surface area contributed by atoms with Crippen LogP contribution in [0.1, 0.15) is 11.1 Å². The molecule has 0 amide bonds. The van der Waals surface area contributed by atoms with E-state index in [-0.39, 0.29) is 0 Å². The van der Waals surface area contributed by atoms with Crippen molar-refractivity contribution in [3.8, 4) is 0 Å². The summed E-state index contributed by atoms with van der Waals surface area (Å²) in [5.74, 6) is 0. The number of hydrogen-bond donors (Lipinski definition) is 1. The number of rotatable bonds is 1. The highest BCUT2D eigenvalue weighted by Crippen LogP contribution is 2.27. The summed E-state index contributed by atoms with van der Waals surface area (Å²) in [6, 6.07) is 4.00. The Morgan fingerprint density at radius 1 is 1.33 bits per heavy atom. The Morgan fingerprint density at radius 2 is 1.93 bits per heavy atom. The van der Waals surface area contributed by atoms with E-state index in [0.717, 1.165) is 16.8 Å². The minimum atomic E-state index is 0.656. The predicted molar refractivity (Wildman–Crippen MR) is 70.8 cm³/mol. The minimum absolute atomic E-state index is 0.656. The summed E-state index contributed by atoms with van der Waals surface area (Å²) >= 11 is 11.3. The van der Waals surface area contributed by atoms with Crippen LogP contribution in [0.15, 0.2) is 12.1 Å². The van der Waals surface area contributed by atoms with Gasteiger partial charge in [-0.25, -0.2) is 0 Å². The van der Waals surface area contributed by atoms with E-state index >= 15 is 0 Å². The number of halogens is 1. The number of hydrogen-bond acceptors (Lipinski definition) is 1. The fourth-order valence-corrected chi connectivity index (χ4v) is 1.76. The first-order valence-electron chi connectivity index (χ1n) is 4.67. The normalized spacial score (nSPS) is 9.93. The molecule has 1 aromatic carbocycles. The first-order valence-corrected chi connectivity index (χ1v) is 5.45. The monoisotopic (exact) mass is 242 g/mol. The molecule has 0 aliphatic carbocycles. The first kappa shape index (κ1) is 12.3. The van der Waals surface area contributed by atoms with E-state index in [2.05, 4.69) is 11.4 Å². The number of nitrogens with zero attached hydrogens (tertiary/aromatic N) is 1. The molecule has 0 spiro atoms. The number of anilines is 1. The van der Waals surface area contributed by atoms with Crippen LogP contribution in [0.4, 0.5) is 5.69 Å². The Bertz CT molecular complexity index is 365. The van der Waals surface area contributed by atoms with Gasteiger partial charge in [-0.15, -0.1) is 0 Å². The molecule has 0 saturated carbocycles. The SMILES string of the molecule is Cc1cc(C)c(NC(=S)N(C)C)c(Cl)c1. The van der Waals surface area contributed by atoms with Crippen LogP contribution in [0.25, 0.3) is 0 Å². The number of benzene rings is 1. The topological polar surface area (TPSA) is 15.3 Å². The lowest BCUT2D eigenvalue weighted by molar-refractivity contribution is 0.634. The van der Waals surface area contributed by atoms with Gasteiger partial charge in [-0.2, -0.15) is 0 Å². The molecule has 0 radical (unpaired) electrons. The van der Waals surface area contributed by atoms with Crippen molar-refractivity contribution < 1.29 is 0 Å². The first-order chi connectivity index (χ1) is 6.91. The van der Waals surface area contributed by atoms with Crippen molar-refractivity contribution in [3.05, 3.63) is 28.3 Å². The standard InChI is InChI=1S/C11H15ClN2S/c1-7-5-8(2)10(9(12)6-7)13-11(15)14(3)4/h5-6H,1-4H3,(H,13,15). The maximum atomic E-state index is 6.14. The second-order valence-electron chi connectivity index (χ2n) is 3.76. The molecule has 1 rings (SSSR count). The van der Waals surface area contributed by atoms with Crippen molar-refractivity contribution in [2.45, 2.75) is 13.8 Å². The molecule has 15 heavy (non-hydrogen) atoms. The van der Waals surface area contributed by atoms with Crippen LogP contribution in [0, 0.1) is 13.8 Å². The van der Waals surface area contributed by atoms with E-state index in [1.807, 2.05) is 38.9 Å². The van der Waals surface area contributed by atoms with Crippen molar-refractivity contribution in [2.24, 2.45) is 0 Å². The zero-order valence-corrected chi connectivity index (χ0v) is 11.0. The quantitative estimate of drug-likeness (QED) is 0.762. The van der Waals surface area contributed by atoms with E-state index in [1.54, 1.807) is 0 Å². The molecule has 2 nitrogen and oxygen atoms in total. The van der Waals surface area contributed by atoms with Crippen molar-refractivity contribution in [1.29, 1.82) is 0 Å². The molecule has 1 N–H and O–H groups in total. The molecule has 0 unspecified atom stereocenters. The fraction of sp³-hybridized carbons (Fsp3) is 0.364. The molecule has 0 aromatic heterocycles. The molecular weight excluding hydrogens is 228 g/mol. The average Bonchev–Trinajstić information content (AvgIpc) is 2.10. The summed E-state index contributed by atoms with van der Waals surface area (Å²) < 4.78 is 0. The second-order valence-corrected chi connectivity index (χ2v) is 4.56. The summed E-state index contributed by atoms with van der Waals surface area (Å²) in [5.41, 5.74) is 3.14. The van der Waals surface area contributed by atoms with E-state index in [4.69, 9.17) is 23.8 Å². The molecule has 0 aliphatic rings. The molecule has 0 heterocycles. The van der Waals surface area contributed by atoms with Gasteiger partial charge >= 0.3 is 0 Å². The third kappa shape index (κ3) is 3.08. The Kier molecular flexibility index (Phi) is 3.94. The lowest BCUT2D eigenvalue weighted by Gasteiger charge is -2.18. The largest absolute Gasteiger partial charge is 0.355 e.